The molecule has 2 fully saturated rings. The molecular formula is C26H31F3N4O2. The van der Waals surface area contributed by atoms with Gasteiger partial charge >= 0.3 is 6.18 Å². The van der Waals surface area contributed by atoms with E-state index in [2.05, 4.69) is 27.1 Å². The van der Waals surface area contributed by atoms with Crippen molar-refractivity contribution in [1.29, 1.82) is 0 Å². The van der Waals surface area contributed by atoms with Gasteiger partial charge in [-0.05, 0) is 56.4 Å². The van der Waals surface area contributed by atoms with Gasteiger partial charge in [-0.2, -0.15) is 13.2 Å². The van der Waals surface area contributed by atoms with Gasteiger partial charge in [-0.1, -0.05) is 18.7 Å². The number of halogens is 3. The van der Waals surface area contributed by atoms with Crippen molar-refractivity contribution in [2.45, 2.75) is 57.0 Å². The highest BCUT2D eigenvalue weighted by molar-refractivity contribution is 5.94. The summed E-state index contributed by atoms with van der Waals surface area (Å²) in [6, 6.07) is 9.10. The van der Waals surface area contributed by atoms with Gasteiger partial charge in [0.2, 0.25) is 5.88 Å². The van der Waals surface area contributed by atoms with Crippen LogP contribution >= 0.6 is 0 Å². The van der Waals surface area contributed by atoms with Crippen LogP contribution in [0.25, 0.3) is 0 Å². The first-order valence-electron chi connectivity index (χ1n) is 11.9. The Morgan fingerprint density at radius 1 is 1.17 bits per heavy atom. The zero-order valence-corrected chi connectivity index (χ0v) is 19.8. The van der Waals surface area contributed by atoms with Gasteiger partial charge in [0.25, 0.3) is 5.91 Å². The van der Waals surface area contributed by atoms with Gasteiger partial charge in [0.05, 0.1) is 18.2 Å². The van der Waals surface area contributed by atoms with E-state index in [9.17, 15) is 18.0 Å². The lowest BCUT2D eigenvalue weighted by Gasteiger charge is -2.47. The number of nitrogens with one attached hydrogen (secondary N) is 2. The normalized spacial score (nSPS) is 21.1. The van der Waals surface area contributed by atoms with Gasteiger partial charge < -0.3 is 15.4 Å². The van der Waals surface area contributed by atoms with E-state index in [1.165, 1.54) is 12.1 Å². The summed E-state index contributed by atoms with van der Waals surface area (Å²) in [7, 11) is 0. The second kappa shape index (κ2) is 10.7. The number of rotatable bonds is 8. The Labute approximate surface area is 203 Å². The molecule has 2 aliphatic rings. The average Bonchev–Trinajstić information content (AvgIpc) is 2.81. The number of hydrogen-bond donors (Lipinski definition) is 2. The van der Waals surface area contributed by atoms with E-state index >= 15 is 0 Å². The second-order valence-corrected chi connectivity index (χ2v) is 9.38. The summed E-state index contributed by atoms with van der Waals surface area (Å²) in [5.41, 5.74) is 0.879. The summed E-state index contributed by atoms with van der Waals surface area (Å²) in [6.07, 6.45) is 1.71. The summed E-state index contributed by atoms with van der Waals surface area (Å²) < 4.78 is 44.6. The lowest BCUT2D eigenvalue weighted by Crippen LogP contribution is -2.61. The van der Waals surface area contributed by atoms with Crippen molar-refractivity contribution in [2.24, 2.45) is 0 Å². The van der Waals surface area contributed by atoms with Crippen molar-refractivity contribution >= 4 is 5.91 Å². The van der Waals surface area contributed by atoms with Crippen LogP contribution in [-0.4, -0.2) is 53.6 Å². The van der Waals surface area contributed by atoms with Gasteiger partial charge in [0, 0.05) is 42.7 Å². The van der Waals surface area contributed by atoms with Crippen molar-refractivity contribution in [3.05, 3.63) is 71.6 Å². The Bertz CT molecular complexity index is 1030. The molecule has 2 heterocycles. The Kier molecular flexibility index (Phi) is 7.64. The van der Waals surface area contributed by atoms with E-state index in [4.69, 9.17) is 4.74 Å². The van der Waals surface area contributed by atoms with Crippen molar-refractivity contribution in [1.82, 2.24) is 20.5 Å². The molecule has 9 heteroatoms. The number of amides is 1. The number of hydrogen-bond acceptors (Lipinski definition) is 5. The number of pyridine rings is 1. The minimum atomic E-state index is -4.48. The Balaban J connectivity index is 1.13. The molecule has 6 nitrogen and oxygen atoms in total. The number of carbonyl (C=O) groups is 1. The van der Waals surface area contributed by atoms with Crippen LogP contribution in [0.1, 0.15) is 47.2 Å². The van der Waals surface area contributed by atoms with Gasteiger partial charge in [-0.3, -0.25) is 9.69 Å². The lowest BCUT2D eigenvalue weighted by atomic mass is 9.89. The predicted octanol–water partition coefficient (Wildman–Crippen LogP) is 4.32. The summed E-state index contributed by atoms with van der Waals surface area (Å²) in [4.78, 5) is 19.0. The van der Waals surface area contributed by atoms with E-state index in [0.29, 0.717) is 17.6 Å². The third-order valence-electron chi connectivity index (χ3n) is 6.56. The quantitative estimate of drug-likeness (QED) is 0.580. The summed E-state index contributed by atoms with van der Waals surface area (Å²) >= 11 is 0. The van der Waals surface area contributed by atoms with E-state index in [0.717, 1.165) is 56.5 Å². The highest BCUT2D eigenvalue weighted by Gasteiger charge is 2.35. The van der Waals surface area contributed by atoms with Crippen LogP contribution in [-0.2, 0) is 6.18 Å². The molecule has 2 aromatic rings. The van der Waals surface area contributed by atoms with E-state index in [-0.39, 0.29) is 24.3 Å². The van der Waals surface area contributed by atoms with E-state index in [1.54, 1.807) is 0 Å². The van der Waals surface area contributed by atoms with Gasteiger partial charge in [-0.25, -0.2) is 4.98 Å². The van der Waals surface area contributed by atoms with Crippen LogP contribution in [0.15, 0.2) is 54.9 Å². The molecule has 0 radical (unpaired) electrons. The van der Waals surface area contributed by atoms with E-state index in [1.807, 2.05) is 25.3 Å². The second-order valence-electron chi connectivity index (χ2n) is 9.38. The van der Waals surface area contributed by atoms with Crippen LogP contribution in [0.3, 0.4) is 0 Å². The maximum absolute atomic E-state index is 12.9. The minimum Gasteiger partial charge on any atom is -0.474 e. The molecule has 4 rings (SSSR count). The van der Waals surface area contributed by atoms with Crippen LogP contribution in [0, 0.1) is 6.92 Å². The molecule has 1 aromatic carbocycles. The highest BCUT2D eigenvalue weighted by atomic mass is 19.4. The third kappa shape index (κ3) is 6.75. The Hall–Kier alpha value is -3.07. The van der Waals surface area contributed by atoms with Crippen LogP contribution < -0.4 is 15.4 Å². The first kappa shape index (κ1) is 25.0. The summed E-state index contributed by atoms with van der Waals surface area (Å²) in [5, 5.41) is 5.94. The van der Waals surface area contributed by atoms with E-state index < -0.39 is 17.6 Å². The highest BCUT2D eigenvalue weighted by Crippen LogP contribution is 2.30. The fraction of sp³-hybridized carbons (Fsp3) is 0.462. The first-order chi connectivity index (χ1) is 16.7. The number of aryl methyl sites for hydroxylation is 1. The average molecular weight is 489 g/mol. The molecule has 1 amide bonds. The van der Waals surface area contributed by atoms with Gasteiger partial charge in [0.1, 0.15) is 6.10 Å². The Morgan fingerprint density at radius 2 is 1.91 bits per heavy atom. The smallest absolute Gasteiger partial charge is 0.416 e. The van der Waals surface area contributed by atoms with Gasteiger partial charge in [0.15, 0.2) is 0 Å². The molecule has 35 heavy (non-hydrogen) atoms. The summed E-state index contributed by atoms with van der Waals surface area (Å²) in [5.74, 6) is 0.125. The molecule has 188 valence electrons. The zero-order valence-electron chi connectivity index (χ0n) is 19.8. The molecular weight excluding hydrogens is 457 g/mol. The lowest BCUT2D eigenvalue weighted by molar-refractivity contribution is -0.137. The standard InChI is InChI=1S/C26H31F3N4O2/c1-17-6-11-24(30-13-17)35-23-9-7-22(8-10-23)33-15-21(16-33)32-18(2)14-31-25(34)19-4-3-5-20(12-19)26(27,28)29/h3-6,11-13,21-23,32H,2,7-10,14-16H2,1H3,(H,31,34)/t22-,23+. The van der Waals surface area contributed by atoms with Crippen molar-refractivity contribution in [3.8, 4) is 5.88 Å². The Morgan fingerprint density at radius 3 is 2.57 bits per heavy atom. The number of ether oxygens (including phenoxy) is 1. The fourth-order valence-corrected chi connectivity index (χ4v) is 4.59. The van der Waals surface area contributed by atoms with Gasteiger partial charge in [-0.15, -0.1) is 0 Å². The molecule has 0 unspecified atom stereocenters. The molecule has 2 N–H and O–H groups in total. The molecule has 0 bridgehead atoms. The zero-order chi connectivity index (χ0) is 25.0. The number of likely N-dealkylation sites (tertiary alicyclic amines) is 1. The van der Waals surface area contributed by atoms with Crippen LogP contribution in [0.2, 0.25) is 0 Å². The molecule has 1 saturated heterocycles. The van der Waals surface area contributed by atoms with Crippen molar-refractivity contribution < 1.29 is 22.7 Å². The molecule has 0 atom stereocenters. The maximum Gasteiger partial charge on any atom is 0.416 e. The largest absolute Gasteiger partial charge is 0.474 e. The third-order valence-corrected chi connectivity index (χ3v) is 6.56. The number of alkyl halides is 3. The predicted molar refractivity (Wildman–Crippen MR) is 127 cm³/mol. The topological polar surface area (TPSA) is 66.5 Å². The molecule has 0 spiro atoms. The van der Waals surface area contributed by atoms with Crippen molar-refractivity contribution in [3.63, 3.8) is 0 Å². The number of aromatic nitrogens is 1. The van der Waals surface area contributed by atoms with Crippen LogP contribution in [0.4, 0.5) is 13.2 Å². The van der Waals surface area contributed by atoms with Crippen LogP contribution in [0.5, 0.6) is 5.88 Å². The fourth-order valence-electron chi connectivity index (χ4n) is 4.59. The number of nitrogens with zero attached hydrogens (tertiary/aromatic N) is 2. The molecule has 1 aromatic heterocycles. The maximum atomic E-state index is 12.9. The first-order valence-corrected chi connectivity index (χ1v) is 11.9. The number of carbonyl (C=O) groups excluding carboxylic acids is 1. The van der Waals surface area contributed by atoms with Crippen molar-refractivity contribution in [2.75, 3.05) is 19.6 Å². The molecule has 1 aliphatic heterocycles. The monoisotopic (exact) mass is 488 g/mol. The SMILES string of the molecule is C=C(CNC(=O)c1cccc(C(F)(F)F)c1)NC1CN([C@H]2CC[C@@H](Oc3ccc(C)cn3)CC2)C1. The molecule has 1 saturated carbocycles. The number of benzene rings is 1. The molecule has 1 aliphatic carbocycles. The minimum absolute atomic E-state index is 0.0276. The summed E-state index contributed by atoms with van der Waals surface area (Å²) in [6.45, 7) is 7.90.